The number of benzene rings is 2. The molecule has 2 aromatic carbocycles. The van der Waals surface area contributed by atoms with E-state index in [1.165, 1.54) is 12.1 Å². The zero-order valence-electron chi connectivity index (χ0n) is 10.3. The first-order chi connectivity index (χ1) is 8.97. The smallest absolute Gasteiger partial charge is 0.211 e. The SMILES string of the molecule is Cc1ccc(CN=S(=O)(F)c2ccc(Br)cc2)cc1. The number of hydrogen-bond acceptors (Lipinski definition) is 2. The van der Waals surface area contributed by atoms with Crippen molar-refractivity contribution in [3.05, 3.63) is 64.1 Å². The molecule has 0 fully saturated rings. The summed E-state index contributed by atoms with van der Waals surface area (Å²) < 4.78 is 30.5. The topological polar surface area (TPSA) is 29.4 Å². The predicted molar refractivity (Wildman–Crippen MR) is 79.0 cm³/mol. The van der Waals surface area contributed by atoms with Gasteiger partial charge in [-0.05, 0) is 36.8 Å². The molecule has 100 valence electrons. The van der Waals surface area contributed by atoms with Gasteiger partial charge in [0.05, 0.1) is 11.4 Å². The second-order valence-corrected chi connectivity index (χ2v) is 6.75. The molecule has 0 radical (unpaired) electrons. The van der Waals surface area contributed by atoms with Crippen molar-refractivity contribution in [2.24, 2.45) is 4.36 Å². The summed E-state index contributed by atoms with van der Waals surface area (Å²) >= 11 is 3.25. The molecule has 0 amide bonds. The van der Waals surface area contributed by atoms with Crippen molar-refractivity contribution in [2.75, 3.05) is 0 Å². The molecule has 5 heteroatoms. The Labute approximate surface area is 121 Å². The van der Waals surface area contributed by atoms with Gasteiger partial charge in [-0.3, -0.25) is 0 Å². The second-order valence-electron chi connectivity index (χ2n) is 4.19. The number of halogens is 2. The van der Waals surface area contributed by atoms with E-state index in [1.807, 2.05) is 31.2 Å². The Bertz CT molecular complexity index is 674. The molecule has 1 unspecified atom stereocenters. The average Bonchev–Trinajstić information content (AvgIpc) is 2.39. The minimum atomic E-state index is -3.83. The number of aryl methyl sites for hydroxylation is 1. The van der Waals surface area contributed by atoms with Crippen molar-refractivity contribution in [1.29, 1.82) is 0 Å². The maximum absolute atomic E-state index is 14.1. The van der Waals surface area contributed by atoms with Gasteiger partial charge in [-0.2, -0.15) is 0 Å². The third kappa shape index (κ3) is 3.88. The molecule has 19 heavy (non-hydrogen) atoms. The Hall–Kier alpha value is -1.20. The van der Waals surface area contributed by atoms with Crippen molar-refractivity contribution < 1.29 is 8.09 Å². The minimum Gasteiger partial charge on any atom is -0.211 e. The van der Waals surface area contributed by atoms with Gasteiger partial charge in [0.15, 0.2) is 0 Å². The van der Waals surface area contributed by atoms with Crippen LogP contribution in [0.5, 0.6) is 0 Å². The highest BCUT2D eigenvalue weighted by Crippen LogP contribution is 2.19. The fourth-order valence-electron chi connectivity index (χ4n) is 1.53. The summed E-state index contributed by atoms with van der Waals surface area (Å²) in [6, 6.07) is 13.8. The van der Waals surface area contributed by atoms with Gasteiger partial charge in [0.25, 0.3) is 0 Å². The predicted octanol–water partition coefficient (Wildman–Crippen LogP) is 4.67. The Morgan fingerprint density at radius 3 is 2.26 bits per heavy atom. The summed E-state index contributed by atoms with van der Waals surface area (Å²) in [5.74, 6) is 0. The van der Waals surface area contributed by atoms with Crippen LogP contribution in [0.15, 0.2) is 62.3 Å². The average molecular weight is 342 g/mol. The van der Waals surface area contributed by atoms with Gasteiger partial charge in [0, 0.05) is 4.47 Å². The Balaban J connectivity index is 2.24. The fraction of sp³-hybridized carbons (Fsp3) is 0.143. The van der Waals surface area contributed by atoms with Crippen LogP contribution in [0.25, 0.3) is 0 Å². The van der Waals surface area contributed by atoms with Crippen LogP contribution in [-0.2, 0) is 16.7 Å². The zero-order chi connectivity index (χ0) is 13.9. The van der Waals surface area contributed by atoms with Crippen LogP contribution in [0.2, 0.25) is 0 Å². The first-order valence-corrected chi connectivity index (χ1v) is 7.92. The highest BCUT2D eigenvalue weighted by molar-refractivity contribution is 9.10. The lowest BCUT2D eigenvalue weighted by Crippen LogP contribution is -1.94. The first kappa shape index (κ1) is 14.2. The molecule has 2 aromatic rings. The molecule has 2 rings (SSSR count). The van der Waals surface area contributed by atoms with E-state index < -0.39 is 10.1 Å². The van der Waals surface area contributed by atoms with Gasteiger partial charge < -0.3 is 0 Å². The van der Waals surface area contributed by atoms with Crippen molar-refractivity contribution in [1.82, 2.24) is 0 Å². The summed E-state index contributed by atoms with van der Waals surface area (Å²) in [7, 11) is -3.83. The van der Waals surface area contributed by atoms with Gasteiger partial charge in [-0.1, -0.05) is 45.8 Å². The summed E-state index contributed by atoms with van der Waals surface area (Å²) in [5.41, 5.74) is 1.96. The van der Waals surface area contributed by atoms with E-state index in [1.54, 1.807) is 12.1 Å². The molecule has 0 saturated heterocycles. The summed E-state index contributed by atoms with van der Waals surface area (Å²) in [4.78, 5) is 0.0998. The molecule has 0 heterocycles. The normalized spacial score (nSPS) is 13.8. The zero-order valence-corrected chi connectivity index (χ0v) is 12.7. The molecular weight excluding hydrogens is 329 g/mol. The Morgan fingerprint density at radius 2 is 1.68 bits per heavy atom. The molecular formula is C14H13BrFNOS. The van der Waals surface area contributed by atoms with Crippen LogP contribution in [0.4, 0.5) is 3.89 Å². The Morgan fingerprint density at radius 1 is 1.11 bits per heavy atom. The molecule has 2 nitrogen and oxygen atoms in total. The van der Waals surface area contributed by atoms with E-state index >= 15 is 0 Å². The lowest BCUT2D eigenvalue weighted by molar-refractivity contribution is 0.635. The highest BCUT2D eigenvalue weighted by atomic mass is 79.9. The molecule has 1 atom stereocenters. The van der Waals surface area contributed by atoms with Crippen LogP contribution in [0.1, 0.15) is 11.1 Å². The monoisotopic (exact) mass is 341 g/mol. The van der Waals surface area contributed by atoms with E-state index in [2.05, 4.69) is 20.3 Å². The van der Waals surface area contributed by atoms with E-state index in [4.69, 9.17) is 0 Å². The molecule has 0 spiro atoms. The molecule has 0 aliphatic rings. The number of hydrogen-bond donors (Lipinski definition) is 0. The summed E-state index contributed by atoms with van der Waals surface area (Å²) in [6.45, 7) is 2.08. The number of rotatable bonds is 3. The van der Waals surface area contributed by atoms with Crippen LogP contribution < -0.4 is 0 Å². The lowest BCUT2D eigenvalue weighted by Gasteiger charge is -2.02. The van der Waals surface area contributed by atoms with Gasteiger partial charge in [0.2, 0.25) is 10.1 Å². The van der Waals surface area contributed by atoms with Gasteiger partial charge in [-0.25, -0.2) is 8.57 Å². The molecule has 0 saturated carbocycles. The molecule has 0 N–H and O–H groups in total. The maximum Gasteiger partial charge on any atom is 0.231 e. The third-order valence-electron chi connectivity index (χ3n) is 2.64. The fourth-order valence-corrected chi connectivity index (χ4v) is 2.73. The van der Waals surface area contributed by atoms with Crippen molar-refractivity contribution in [3.63, 3.8) is 0 Å². The quantitative estimate of drug-likeness (QED) is 0.746. The summed E-state index contributed by atoms with van der Waals surface area (Å²) in [5, 5.41) is 0. The van der Waals surface area contributed by atoms with Crippen LogP contribution in [0, 0.1) is 6.92 Å². The molecule has 0 aliphatic heterocycles. The van der Waals surface area contributed by atoms with Gasteiger partial charge in [0.1, 0.15) is 0 Å². The van der Waals surface area contributed by atoms with E-state index in [0.29, 0.717) is 0 Å². The van der Waals surface area contributed by atoms with Crippen molar-refractivity contribution in [2.45, 2.75) is 18.4 Å². The molecule has 0 aromatic heterocycles. The van der Waals surface area contributed by atoms with Gasteiger partial charge in [-0.15, -0.1) is 3.89 Å². The van der Waals surface area contributed by atoms with Crippen LogP contribution >= 0.6 is 15.9 Å². The highest BCUT2D eigenvalue weighted by Gasteiger charge is 2.09. The van der Waals surface area contributed by atoms with Crippen LogP contribution in [-0.4, -0.2) is 4.21 Å². The van der Waals surface area contributed by atoms with E-state index in [0.717, 1.165) is 15.6 Å². The summed E-state index contributed by atoms with van der Waals surface area (Å²) in [6.07, 6.45) is 0. The van der Waals surface area contributed by atoms with E-state index in [-0.39, 0.29) is 11.4 Å². The largest absolute Gasteiger partial charge is 0.231 e. The molecule has 0 bridgehead atoms. The molecule has 0 aliphatic carbocycles. The standard InChI is InChI=1S/C14H13BrFNOS/c1-11-2-4-12(5-3-11)10-17-19(16,18)14-8-6-13(15)7-9-14/h2-9H,10H2,1H3. The minimum absolute atomic E-state index is 0.0998. The van der Waals surface area contributed by atoms with E-state index in [9.17, 15) is 8.09 Å². The second kappa shape index (κ2) is 5.84. The maximum atomic E-state index is 14.1. The Kier molecular flexibility index (Phi) is 4.37. The van der Waals surface area contributed by atoms with Crippen molar-refractivity contribution >= 4 is 26.0 Å². The van der Waals surface area contributed by atoms with Crippen LogP contribution in [0.3, 0.4) is 0 Å². The third-order valence-corrected chi connectivity index (χ3v) is 4.48. The van der Waals surface area contributed by atoms with Gasteiger partial charge >= 0.3 is 0 Å². The lowest BCUT2D eigenvalue weighted by atomic mass is 10.2. The number of nitrogens with zero attached hydrogens (tertiary/aromatic N) is 1. The van der Waals surface area contributed by atoms with Crippen molar-refractivity contribution in [3.8, 4) is 0 Å². The first-order valence-electron chi connectivity index (χ1n) is 5.71.